The van der Waals surface area contributed by atoms with Gasteiger partial charge < -0.3 is 10.6 Å². The molecule has 2 N–H and O–H groups in total. The van der Waals surface area contributed by atoms with E-state index in [2.05, 4.69) is 0 Å². The summed E-state index contributed by atoms with van der Waals surface area (Å²) < 4.78 is 37.9. The van der Waals surface area contributed by atoms with Gasteiger partial charge in [-0.25, -0.2) is 0 Å². The Morgan fingerprint density at radius 1 is 1.31 bits per heavy atom. The smallest absolute Gasteiger partial charge is 0.318 e. The first-order valence-electron chi connectivity index (χ1n) is 4.64. The number of anilines is 1. The van der Waals surface area contributed by atoms with E-state index >= 15 is 0 Å². The highest BCUT2D eigenvalue weighted by molar-refractivity contribution is 6.04. The van der Waals surface area contributed by atoms with Crippen LogP contribution in [0.15, 0.2) is 24.3 Å². The maximum Gasteiger partial charge on any atom is 0.418 e. The van der Waals surface area contributed by atoms with Gasteiger partial charge in [0.1, 0.15) is 6.04 Å². The first-order valence-corrected chi connectivity index (χ1v) is 4.64. The van der Waals surface area contributed by atoms with Gasteiger partial charge in [-0.1, -0.05) is 12.1 Å². The first-order chi connectivity index (χ1) is 7.41. The van der Waals surface area contributed by atoms with E-state index in [9.17, 15) is 18.0 Å². The second-order valence-electron chi connectivity index (χ2n) is 3.57. The van der Waals surface area contributed by atoms with Gasteiger partial charge in [0.25, 0.3) is 0 Å². The highest BCUT2D eigenvalue weighted by Crippen LogP contribution is 2.37. The second kappa shape index (κ2) is 3.48. The number of para-hydroxylation sites is 1. The van der Waals surface area contributed by atoms with Crippen LogP contribution in [0.25, 0.3) is 0 Å². The molecule has 86 valence electrons. The van der Waals surface area contributed by atoms with Crippen LogP contribution in [-0.2, 0) is 11.0 Å². The molecular formula is C10H9F3N2O. The number of hydrogen-bond donors (Lipinski definition) is 1. The lowest BCUT2D eigenvalue weighted by Crippen LogP contribution is -2.61. The number of carbonyl (C=O) groups is 1. The molecule has 1 unspecified atom stereocenters. The van der Waals surface area contributed by atoms with E-state index in [1.807, 2.05) is 0 Å². The Morgan fingerprint density at radius 2 is 1.94 bits per heavy atom. The van der Waals surface area contributed by atoms with Crippen molar-refractivity contribution < 1.29 is 18.0 Å². The molecule has 0 spiro atoms. The third-order valence-electron chi connectivity index (χ3n) is 2.46. The molecule has 16 heavy (non-hydrogen) atoms. The molecule has 1 aromatic carbocycles. The number of rotatable bonds is 1. The van der Waals surface area contributed by atoms with Gasteiger partial charge in [0.05, 0.1) is 17.8 Å². The van der Waals surface area contributed by atoms with Crippen molar-refractivity contribution in [2.24, 2.45) is 5.73 Å². The van der Waals surface area contributed by atoms with Crippen molar-refractivity contribution in [2.45, 2.75) is 12.2 Å². The molecule has 0 radical (unpaired) electrons. The van der Waals surface area contributed by atoms with Crippen molar-refractivity contribution in [3.63, 3.8) is 0 Å². The SMILES string of the molecule is NC1CN(c2ccccc2C(F)(F)F)C1=O. The molecular weight excluding hydrogens is 221 g/mol. The fourth-order valence-electron chi connectivity index (χ4n) is 1.62. The zero-order chi connectivity index (χ0) is 11.9. The summed E-state index contributed by atoms with van der Waals surface area (Å²) in [7, 11) is 0. The second-order valence-corrected chi connectivity index (χ2v) is 3.57. The largest absolute Gasteiger partial charge is 0.418 e. The van der Waals surface area contributed by atoms with Crippen LogP contribution < -0.4 is 10.6 Å². The van der Waals surface area contributed by atoms with Crippen LogP contribution in [0.2, 0.25) is 0 Å². The maximum absolute atomic E-state index is 12.6. The Morgan fingerprint density at radius 3 is 2.44 bits per heavy atom. The molecule has 1 saturated heterocycles. The standard InChI is InChI=1S/C10H9F3N2O/c11-10(12,13)6-3-1-2-4-8(6)15-5-7(14)9(15)16/h1-4,7H,5,14H2. The number of carbonyl (C=O) groups excluding carboxylic acids is 1. The van der Waals surface area contributed by atoms with E-state index in [-0.39, 0.29) is 12.2 Å². The van der Waals surface area contributed by atoms with Crippen molar-refractivity contribution in [1.82, 2.24) is 0 Å². The molecule has 1 aliphatic rings. The summed E-state index contributed by atoms with van der Waals surface area (Å²) in [5, 5.41) is 0. The molecule has 1 fully saturated rings. The molecule has 1 amide bonds. The monoisotopic (exact) mass is 230 g/mol. The number of nitrogens with zero attached hydrogens (tertiary/aromatic N) is 1. The zero-order valence-electron chi connectivity index (χ0n) is 8.16. The van der Waals surface area contributed by atoms with Crippen LogP contribution in [0.1, 0.15) is 5.56 Å². The summed E-state index contributed by atoms with van der Waals surface area (Å²) in [4.78, 5) is 12.3. The molecule has 1 aromatic rings. The molecule has 1 atom stereocenters. The first kappa shape index (κ1) is 10.9. The van der Waals surface area contributed by atoms with Crippen LogP contribution in [0, 0.1) is 0 Å². The van der Waals surface area contributed by atoms with E-state index in [0.29, 0.717) is 0 Å². The van der Waals surface area contributed by atoms with E-state index in [0.717, 1.165) is 11.0 Å². The molecule has 6 heteroatoms. The van der Waals surface area contributed by atoms with Crippen molar-refractivity contribution in [2.75, 3.05) is 11.4 Å². The lowest BCUT2D eigenvalue weighted by atomic mass is 10.0. The summed E-state index contributed by atoms with van der Waals surface area (Å²) >= 11 is 0. The van der Waals surface area contributed by atoms with E-state index < -0.39 is 23.7 Å². The maximum atomic E-state index is 12.6. The van der Waals surface area contributed by atoms with Gasteiger partial charge in [-0.3, -0.25) is 4.79 Å². The average molecular weight is 230 g/mol. The van der Waals surface area contributed by atoms with Gasteiger partial charge in [-0.05, 0) is 12.1 Å². The number of benzene rings is 1. The van der Waals surface area contributed by atoms with Crippen LogP contribution in [0.5, 0.6) is 0 Å². The zero-order valence-corrected chi connectivity index (χ0v) is 8.16. The number of nitrogens with two attached hydrogens (primary N) is 1. The Kier molecular flexibility index (Phi) is 2.38. The van der Waals surface area contributed by atoms with Crippen LogP contribution >= 0.6 is 0 Å². The van der Waals surface area contributed by atoms with Gasteiger partial charge in [-0.2, -0.15) is 13.2 Å². The van der Waals surface area contributed by atoms with Crippen LogP contribution in [0.3, 0.4) is 0 Å². The van der Waals surface area contributed by atoms with Gasteiger partial charge in [0, 0.05) is 0 Å². The van der Waals surface area contributed by atoms with E-state index in [4.69, 9.17) is 5.73 Å². The fraction of sp³-hybridized carbons (Fsp3) is 0.300. The number of hydrogen-bond acceptors (Lipinski definition) is 2. The Balaban J connectivity index is 2.39. The minimum atomic E-state index is -4.46. The molecule has 0 bridgehead atoms. The lowest BCUT2D eigenvalue weighted by Gasteiger charge is -2.37. The summed E-state index contributed by atoms with van der Waals surface area (Å²) in [6.07, 6.45) is -4.46. The van der Waals surface area contributed by atoms with Crippen molar-refractivity contribution in [3.8, 4) is 0 Å². The van der Waals surface area contributed by atoms with Crippen LogP contribution in [-0.4, -0.2) is 18.5 Å². The van der Waals surface area contributed by atoms with Gasteiger partial charge in [-0.15, -0.1) is 0 Å². The highest BCUT2D eigenvalue weighted by Gasteiger charge is 2.41. The molecule has 2 rings (SSSR count). The van der Waals surface area contributed by atoms with Crippen molar-refractivity contribution in [1.29, 1.82) is 0 Å². The molecule has 1 aliphatic heterocycles. The minimum Gasteiger partial charge on any atom is -0.318 e. The molecule has 0 aromatic heterocycles. The van der Waals surface area contributed by atoms with Gasteiger partial charge in [0.2, 0.25) is 5.91 Å². The molecule has 1 heterocycles. The number of β-lactam (4-membered cyclic amide) rings is 1. The number of alkyl halides is 3. The predicted octanol–water partition coefficient (Wildman–Crippen LogP) is 1.38. The topological polar surface area (TPSA) is 46.3 Å². The quantitative estimate of drug-likeness (QED) is 0.741. The summed E-state index contributed by atoms with van der Waals surface area (Å²) in [6, 6.07) is 4.29. The van der Waals surface area contributed by atoms with Gasteiger partial charge in [0.15, 0.2) is 0 Å². The highest BCUT2D eigenvalue weighted by atomic mass is 19.4. The molecule has 0 aliphatic carbocycles. The third kappa shape index (κ3) is 1.65. The Labute approximate surface area is 89.6 Å². The van der Waals surface area contributed by atoms with E-state index in [1.165, 1.54) is 18.2 Å². The Bertz CT molecular complexity index is 430. The fourth-order valence-corrected chi connectivity index (χ4v) is 1.62. The van der Waals surface area contributed by atoms with Crippen LogP contribution in [0.4, 0.5) is 18.9 Å². The number of halogens is 3. The Hall–Kier alpha value is -1.56. The lowest BCUT2D eigenvalue weighted by molar-refractivity contribution is -0.137. The van der Waals surface area contributed by atoms with Crippen molar-refractivity contribution in [3.05, 3.63) is 29.8 Å². The van der Waals surface area contributed by atoms with Gasteiger partial charge >= 0.3 is 6.18 Å². The summed E-state index contributed by atoms with van der Waals surface area (Å²) in [5.41, 5.74) is 4.40. The normalized spacial score (nSPS) is 20.9. The third-order valence-corrected chi connectivity index (χ3v) is 2.46. The number of amides is 1. The average Bonchev–Trinajstić information content (AvgIpc) is 2.24. The summed E-state index contributed by atoms with van der Waals surface area (Å²) in [6.45, 7) is 0.131. The summed E-state index contributed by atoms with van der Waals surface area (Å²) in [5.74, 6) is -0.475. The predicted molar refractivity (Wildman–Crippen MR) is 51.8 cm³/mol. The molecule has 3 nitrogen and oxygen atoms in total. The van der Waals surface area contributed by atoms with Crippen molar-refractivity contribution >= 4 is 11.6 Å². The molecule has 0 saturated carbocycles. The van der Waals surface area contributed by atoms with E-state index in [1.54, 1.807) is 0 Å². The minimum absolute atomic E-state index is 0.123.